The first-order valence-electron chi connectivity index (χ1n) is 16.8. The van der Waals surface area contributed by atoms with Crippen molar-refractivity contribution in [2.24, 2.45) is 0 Å². The molecule has 3 aromatic heterocycles. The maximum atomic E-state index is 5.20. The van der Waals surface area contributed by atoms with E-state index in [2.05, 4.69) is 155 Å². The third-order valence-electron chi connectivity index (χ3n) is 9.58. The zero-order chi connectivity index (χ0) is 33.0. The smallest absolute Gasteiger partial charge is 0.238 e. The largest absolute Gasteiger partial charge is 0.309 e. The number of para-hydroxylation sites is 3. The van der Waals surface area contributed by atoms with Crippen molar-refractivity contribution >= 4 is 43.6 Å². The Balaban J connectivity index is 1.20. The lowest BCUT2D eigenvalue weighted by molar-refractivity contribution is 0.953. The van der Waals surface area contributed by atoms with Gasteiger partial charge in [0.1, 0.15) is 0 Å². The topological polar surface area (TPSA) is 48.5 Å². The number of hydrogen-bond acceptors (Lipinski definition) is 3. The minimum absolute atomic E-state index is 0.584. The van der Waals surface area contributed by atoms with Gasteiger partial charge in [0.15, 0.2) is 11.6 Å². The van der Waals surface area contributed by atoms with E-state index in [0.717, 1.165) is 49.7 Å². The van der Waals surface area contributed by atoms with Crippen molar-refractivity contribution < 1.29 is 0 Å². The summed E-state index contributed by atoms with van der Waals surface area (Å²) in [6.45, 7) is 0. The van der Waals surface area contributed by atoms with Crippen LogP contribution in [0.25, 0.3) is 89.2 Å². The van der Waals surface area contributed by atoms with E-state index in [9.17, 15) is 0 Å². The van der Waals surface area contributed by atoms with Crippen LogP contribution in [0.15, 0.2) is 176 Å². The zero-order valence-electron chi connectivity index (χ0n) is 27.0. The SMILES string of the molecule is c1ccc(-c2ccc3c4ccccc4n(-c4cccc(-c5nc(-c6ccccc6)nc(-n6c7ccccc7c7ccccc76)n5)c4)c3c2)cc1. The molecular formula is C45H29N5. The van der Waals surface area contributed by atoms with Crippen molar-refractivity contribution in [3.8, 4) is 45.5 Å². The summed E-state index contributed by atoms with van der Waals surface area (Å²) in [6, 6.07) is 61.5. The Labute approximate surface area is 288 Å². The van der Waals surface area contributed by atoms with Crippen molar-refractivity contribution in [3.63, 3.8) is 0 Å². The highest BCUT2D eigenvalue weighted by Crippen LogP contribution is 2.36. The molecule has 0 atom stereocenters. The van der Waals surface area contributed by atoms with Crippen molar-refractivity contribution in [2.75, 3.05) is 0 Å². The molecule has 0 amide bonds. The van der Waals surface area contributed by atoms with Crippen molar-refractivity contribution in [2.45, 2.75) is 0 Å². The van der Waals surface area contributed by atoms with Gasteiger partial charge in [-0.15, -0.1) is 0 Å². The molecule has 7 aromatic carbocycles. The average molecular weight is 640 g/mol. The van der Waals surface area contributed by atoms with Crippen LogP contribution in [0.4, 0.5) is 0 Å². The second-order valence-electron chi connectivity index (χ2n) is 12.5. The molecule has 234 valence electrons. The van der Waals surface area contributed by atoms with Gasteiger partial charge in [-0.2, -0.15) is 9.97 Å². The van der Waals surface area contributed by atoms with Gasteiger partial charge in [-0.25, -0.2) is 4.98 Å². The predicted octanol–water partition coefficient (Wildman–Crippen LogP) is 11.1. The van der Waals surface area contributed by atoms with Gasteiger partial charge in [-0.3, -0.25) is 4.57 Å². The van der Waals surface area contributed by atoms with E-state index in [4.69, 9.17) is 15.0 Å². The van der Waals surface area contributed by atoms with Crippen LogP contribution in [0.1, 0.15) is 0 Å². The van der Waals surface area contributed by atoms with Crippen LogP contribution in [0.2, 0.25) is 0 Å². The quantitative estimate of drug-likeness (QED) is 0.188. The summed E-state index contributed by atoms with van der Waals surface area (Å²) in [7, 11) is 0. The van der Waals surface area contributed by atoms with Gasteiger partial charge in [-0.05, 0) is 47.5 Å². The lowest BCUT2D eigenvalue weighted by atomic mass is 10.0. The van der Waals surface area contributed by atoms with E-state index in [0.29, 0.717) is 17.6 Å². The Bertz CT molecular complexity index is 2810. The molecule has 5 nitrogen and oxygen atoms in total. The third-order valence-corrected chi connectivity index (χ3v) is 9.58. The summed E-state index contributed by atoms with van der Waals surface area (Å²) < 4.78 is 4.51. The molecular weight excluding hydrogens is 611 g/mol. The van der Waals surface area contributed by atoms with Crippen LogP contribution >= 0.6 is 0 Å². The van der Waals surface area contributed by atoms with Gasteiger partial charge < -0.3 is 4.57 Å². The fourth-order valence-electron chi connectivity index (χ4n) is 7.29. The lowest BCUT2D eigenvalue weighted by Crippen LogP contribution is -2.06. The number of aromatic nitrogens is 5. The summed E-state index contributed by atoms with van der Waals surface area (Å²) in [5, 5.41) is 4.75. The zero-order valence-corrected chi connectivity index (χ0v) is 27.0. The highest BCUT2D eigenvalue weighted by Gasteiger charge is 2.19. The predicted molar refractivity (Wildman–Crippen MR) is 205 cm³/mol. The highest BCUT2D eigenvalue weighted by molar-refractivity contribution is 6.10. The Morgan fingerprint density at radius 2 is 0.800 bits per heavy atom. The fraction of sp³-hybridized carbons (Fsp3) is 0. The molecule has 5 heteroatoms. The molecule has 0 bridgehead atoms. The summed E-state index contributed by atoms with van der Waals surface area (Å²) >= 11 is 0. The van der Waals surface area contributed by atoms with Gasteiger partial charge in [0, 0.05) is 38.4 Å². The molecule has 0 spiro atoms. The van der Waals surface area contributed by atoms with Gasteiger partial charge in [0.05, 0.1) is 22.1 Å². The Morgan fingerprint density at radius 1 is 0.300 bits per heavy atom. The van der Waals surface area contributed by atoms with Crippen LogP contribution in [0, 0.1) is 0 Å². The number of rotatable bonds is 5. The van der Waals surface area contributed by atoms with E-state index >= 15 is 0 Å². The highest BCUT2D eigenvalue weighted by atomic mass is 15.2. The summed E-state index contributed by atoms with van der Waals surface area (Å²) in [4.78, 5) is 15.4. The number of nitrogens with zero attached hydrogens (tertiary/aromatic N) is 5. The second kappa shape index (κ2) is 11.4. The third kappa shape index (κ3) is 4.52. The normalized spacial score (nSPS) is 11.6. The summed E-state index contributed by atoms with van der Waals surface area (Å²) in [6.07, 6.45) is 0. The molecule has 0 aliphatic heterocycles. The first kappa shape index (κ1) is 28.2. The first-order valence-corrected chi connectivity index (χ1v) is 16.8. The van der Waals surface area contributed by atoms with Crippen LogP contribution < -0.4 is 0 Å². The molecule has 0 aliphatic carbocycles. The molecule has 50 heavy (non-hydrogen) atoms. The van der Waals surface area contributed by atoms with Crippen molar-refractivity contribution in [3.05, 3.63) is 176 Å². The summed E-state index contributed by atoms with van der Waals surface area (Å²) in [5.74, 6) is 1.83. The van der Waals surface area contributed by atoms with Gasteiger partial charge in [-0.1, -0.05) is 140 Å². The summed E-state index contributed by atoms with van der Waals surface area (Å²) in [5.41, 5.74) is 9.66. The van der Waals surface area contributed by atoms with Gasteiger partial charge in [0.2, 0.25) is 5.95 Å². The fourth-order valence-corrected chi connectivity index (χ4v) is 7.29. The maximum absolute atomic E-state index is 5.20. The Kier molecular flexibility index (Phi) is 6.42. The van der Waals surface area contributed by atoms with Gasteiger partial charge in [0.25, 0.3) is 0 Å². The van der Waals surface area contributed by atoms with E-state index in [1.807, 2.05) is 30.3 Å². The molecule has 0 radical (unpaired) electrons. The molecule has 0 unspecified atom stereocenters. The van der Waals surface area contributed by atoms with E-state index in [-0.39, 0.29) is 0 Å². The van der Waals surface area contributed by atoms with E-state index < -0.39 is 0 Å². The van der Waals surface area contributed by atoms with E-state index in [1.54, 1.807) is 0 Å². The van der Waals surface area contributed by atoms with Crippen molar-refractivity contribution in [1.29, 1.82) is 0 Å². The second-order valence-corrected chi connectivity index (χ2v) is 12.5. The minimum atomic E-state index is 0.584. The van der Waals surface area contributed by atoms with Crippen LogP contribution in [0.3, 0.4) is 0 Å². The monoisotopic (exact) mass is 639 g/mol. The number of fused-ring (bicyclic) bond motifs is 6. The average Bonchev–Trinajstić information content (AvgIpc) is 3.71. The molecule has 0 aliphatic rings. The van der Waals surface area contributed by atoms with Crippen molar-refractivity contribution in [1.82, 2.24) is 24.1 Å². The van der Waals surface area contributed by atoms with Crippen LogP contribution in [0.5, 0.6) is 0 Å². The van der Waals surface area contributed by atoms with Gasteiger partial charge >= 0.3 is 0 Å². The molecule has 10 rings (SSSR count). The van der Waals surface area contributed by atoms with Crippen LogP contribution in [-0.4, -0.2) is 24.1 Å². The first-order chi connectivity index (χ1) is 24.8. The number of hydrogen-bond donors (Lipinski definition) is 0. The number of benzene rings is 7. The standard InChI is InChI=1S/C45H29N5/c1-3-14-30(15-4-1)32-26-27-38-37-22-7-10-23-39(37)49(42(38)29-32)34-19-13-18-33(28-34)44-46-43(31-16-5-2-6-17-31)47-45(48-44)50-40-24-11-8-20-35(40)36-21-9-12-25-41(36)50/h1-29H. The molecule has 3 heterocycles. The Morgan fingerprint density at radius 3 is 1.44 bits per heavy atom. The molecule has 10 aromatic rings. The minimum Gasteiger partial charge on any atom is -0.309 e. The Hall–Kier alpha value is -6.85. The lowest BCUT2D eigenvalue weighted by Gasteiger charge is -2.13. The molecule has 0 saturated carbocycles. The molecule has 0 N–H and O–H groups in total. The van der Waals surface area contributed by atoms with E-state index in [1.165, 1.54) is 21.9 Å². The molecule has 0 fully saturated rings. The maximum Gasteiger partial charge on any atom is 0.238 e. The van der Waals surface area contributed by atoms with Crippen LogP contribution in [-0.2, 0) is 0 Å². The molecule has 0 saturated heterocycles.